The van der Waals surface area contributed by atoms with Crippen LogP contribution in [0, 0.1) is 11.8 Å². The molecule has 1 N–H and O–H groups in total. The zero-order valence-corrected chi connectivity index (χ0v) is 9.76. The Morgan fingerprint density at radius 2 is 1.88 bits per heavy atom. The summed E-state index contributed by atoms with van der Waals surface area (Å²) in [5, 5.41) is 8.25. The summed E-state index contributed by atoms with van der Waals surface area (Å²) < 4.78 is 12.5. The molecule has 0 aliphatic carbocycles. The maximum atomic E-state index is 12.5. The summed E-state index contributed by atoms with van der Waals surface area (Å²) in [5.74, 6) is 3.33. The predicted molar refractivity (Wildman–Crippen MR) is 62.6 cm³/mol. The van der Waals surface area contributed by atoms with Gasteiger partial charge in [-0.15, -0.1) is 11.8 Å². The average Bonchev–Trinajstić information content (AvgIpc) is 2.26. The second kappa shape index (κ2) is 10.2. The third kappa shape index (κ3) is 9.26. The van der Waals surface area contributed by atoms with E-state index in [-0.39, 0.29) is 0 Å². The Kier molecular flexibility index (Phi) is 9.39. The Balaban J connectivity index is 3.30. The van der Waals surface area contributed by atoms with E-state index >= 15 is 0 Å². The molecule has 0 aromatic carbocycles. The molecule has 0 aromatic rings. The Morgan fingerprint density at radius 1 is 1.25 bits per heavy atom. The minimum atomic E-state index is -1.47. The third-order valence-electron chi connectivity index (χ3n) is 2.21. The van der Waals surface area contributed by atoms with Crippen molar-refractivity contribution in [1.29, 1.82) is 0 Å². The fourth-order valence-electron chi connectivity index (χ4n) is 1.33. The summed E-state index contributed by atoms with van der Waals surface area (Å²) in [6.07, 6.45) is 7.82. The third-order valence-corrected chi connectivity index (χ3v) is 2.21. The Hall–Kier alpha value is -1.30. The van der Waals surface area contributed by atoms with Gasteiger partial charge in [-0.3, -0.25) is 0 Å². The van der Waals surface area contributed by atoms with Gasteiger partial charge in [-0.2, -0.15) is 4.39 Å². The molecule has 0 radical (unpaired) electrons. The van der Waals surface area contributed by atoms with Gasteiger partial charge >= 0.3 is 5.97 Å². The molecule has 0 aliphatic heterocycles. The number of halogens is 1. The van der Waals surface area contributed by atoms with Crippen LogP contribution in [0.15, 0.2) is 11.9 Å². The number of hydrogen-bond donors (Lipinski definition) is 1. The lowest BCUT2D eigenvalue weighted by Crippen LogP contribution is -1.94. The van der Waals surface area contributed by atoms with Crippen LogP contribution in [0.2, 0.25) is 0 Å². The van der Waals surface area contributed by atoms with Crippen molar-refractivity contribution in [3.05, 3.63) is 11.9 Å². The molecule has 0 fully saturated rings. The minimum absolute atomic E-state index is 0.507. The summed E-state index contributed by atoms with van der Waals surface area (Å²) in [4.78, 5) is 10.1. The van der Waals surface area contributed by atoms with E-state index in [0.29, 0.717) is 6.42 Å². The number of hydrogen-bond acceptors (Lipinski definition) is 1. The monoisotopic (exact) mass is 226 g/mol. The highest BCUT2D eigenvalue weighted by Crippen LogP contribution is 2.08. The van der Waals surface area contributed by atoms with Crippen LogP contribution in [-0.4, -0.2) is 11.1 Å². The summed E-state index contributed by atoms with van der Waals surface area (Å²) in [6, 6.07) is 0. The van der Waals surface area contributed by atoms with E-state index < -0.39 is 11.8 Å². The molecule has 0 unspecified atom stereocenters. The van der Waals surface area contributed by atoms with Crippen LogP contribution in [0.5, 0.6) is 0 Å². The van der Waals surface area contributed by atoms with Crippen LogP contribution in [0.1, 0.15) is 51.9 Å². The van der Waals surface area contributed by atoms with Crippen molar-refractivity contribution < 1.29 is 14.3 Å². The van der Waals surface area contributed by atoms with Crippen LogP contribution in [-0.2, 0) is 4.79 Å². The number of carboxylic acids is 1. The first-order valence-electron chi connectivity index (χ1n) is 5.67. The van der Waals surface area contributed by atoms with Gasteiger partial charge in [-0.25, -0.2) is 4.79 Å². The molecule has 0 spiro atoms. The summed E-state index contributed by atoms with van der Waals surface area (Å²) in [5.41, 5.74) is 0. The fraction of sp³-hybridized carbons (Fsp3) is 0.615. The van der Waals surface area contributed by atoms with Gasteiger partial charge in [-0.1, -0.05) is 19.3 Å². The number of rotatable bonds is 8. The van der Waals surface area contributed by atoms with Crippen LogP contribution in [0.25, 0.3) is 0 Å². The van der Waals surface area contributed by atoms with Gasteiger partial charge in [-0.05, 0) is 32.3 Å². The van der Waals surface area contributed by atoms with Crippen molar-refractivity contribution in [3.63, 3.8) is 0 Å². The normalized spacial score (nSPS) is 10.8. The van der Waals surface area contributed by atoms with Crippen molar-refractivity contribution in [1.82, 2.24) is 0 Å². The number of aliphatic carboxylic acids is 1. The lowest BCUT2D eigenvalue weighted by Gasteiger charge is -1.97. The molecule has 0 saturated carbocycles. The van der Waals surface area contributed by atoms with E-state index in [9.17, 15) is 9.18 Å². The molecular formula is C13H19FO2. The smallest absolute Gasteiger partial charge is 0.364 e. The van der Waals surface area contributed by atoms with Gasteiger partial charge < -0.3 is 5.11 Å². The number of carboxylic acid groups (broad SMARTS) is 1. The zero-order chi connectivity index (χ0) is 12.2. The Labute approximate surface area is 96.5 Å². The maximum Gasteiger partial charge on any atom is 0.364 e. The van der Waals surface area contributed by atoms with Crippen LogP contribution in [0.4, 0.5) is 4.39 Å². The molecule has 2 nitrogen and oxygen atoms in total. The van der Waals surface area contributed by atoms with E-state index in [1.54, 1.807) is 0 Å². The molecule has 0 amide bonds. The first-order chi connectivity index (χ1) is 7.68. The van der Waals surface area contributed by atoms with E-state index in [1.165, 1.54) is 0 Å². The summed E-state index contributed by atoms with van der Waals surface area (Å²) >= 11 is 0. The molecule has 0 bridgehead atoms. The molecule has 0 atom stereocenters. The van der Waals surface area contributed by atoms with E-state index in [1.807, 2.05) is 6.92 Å². The number of carbonyl (C=O) groups is 1. The fourth-order valence-corrected chi connectivity index (χ4v) is 1.33. The summed E-state index contributed by atoms with van der Waals surface area (Å²) in [6.45, 7) is 1.84. The quantitative estimate of drug-likeness (QED) is 0.389. The highest BCUT2D eigenvalue weighted by Gasteiger charge is 2.02. The van der Waals surface area contributed by atoms with Gasteiger partial charge in [0.05, 0.1) is 0 Å². The van der Waals surface area contributed by atoms with Crippen LogP contribution >= 0.6 is 0 Å². The van der Waals surface area contributed by atoms with Crippen molar-refractivity contribution in [2.45, 2.75) is 51.9 Å². The van der Waals surface area contributed by atoms with Crippen molar-refractivity contribution in [2.24, 2.45) is 0 Å². The van der Waals surface area contributed by atoms with Gasteiger partial charge in [0.15, 0.2) is 0 Å². The molecule has 0 rings (SSSR count). The van der Waals surface area contributed by atoms with Gasteiger partial charge in [0.25, 0.3) is 0 Å². The molecule has 16 heavy (non-hydrogen) atoms. The van der Waals surface area contributed by atoms with Crippen molar-refractivity contribution in [3.8, 4) is 11.8 Å². The van der Waals surface area contributed by atoms with Gasteiger partial charge in [0, 0.05) is 6.42 Å². The predicted octanol–water partition coefficient (Wildman–Crippen LogP) is 3.68. The van der Waals surface area contributed by atoms with Gasteiger partial charge in [0.2, 0.25) is 5.83 Å². The highest BCUT2D eigenvalue weighted by molar-refractivity contribution is 5.83. The maximum absolute atomic E-state index is 12.5. The molecule has 0 aromatic heterocycles. The minimum Gasteiger partial charge on any atom is -0.476 e. The Bertz CT molecular complexity index is 284. The topological polar surface area (TPSA) is 37.3 Å². The first kappa shape index (κ1) is 14.7. The van der Waals surface area contributed by atoms with Crippen LogP contribution in [0.3, 0.4) is 0 Å². The van der Waals surface area contributed by atoms with Crippen molar-refractivity contribution in [2.75, 3.05) is 0 Å². The van der Waals surface area contributed by atoms with E-state index in [4.69, 9.17) is 5.11 Å². The molecular weight excluding hydrogens is 207 g/mol. The standard InChI is InChI=1S/C13H19FO2/c1-2-3-4-5-6-7-8-9-10-11-12(14)13(15)16/h11H,4-10H2,1H3,(H,15,16). The molecule has 3 heteroatoms. The number of allylic oxidation sites excluding steroid dienone is 1. The van der Waals surface area contributed by atoms with Gasteiger partial charge in [0.1, 0.15) is 0 Å². The number of unbranched alkanes of at least 4 members (excludes halogenated alkanes) is 6. The highest BCUT2D eigenvalue weighted by atomic mass is 19.1. The van der Waals surface area contributed by atoms with E-state index in [0.717, 1.165) is 44.6 Å². The molecule has 0 saturated heterocycles. The zero-order valence-electron chi connectivity index (χ0n) is 9.76. The first-order valence-corrected chi connectivity index (χ1v) is 5.67. The van der Waals surface area contributed by atoms with E-state index in [2.05, 4.69) is 11.8 Å². The largest absolute Gasteiger partial charge is 0.476 e. The van der Waals surface area contributed by atoms with Crippen molar-refractivity contribution >= 4 is 5.97 Å². The second-order valence-corrected chi connectivity index (χ2v) is 3.59. The lowest BCUT2D eigenvalue weighted by molar-refractivity contribution is -0.134. The Morgan fingerprint density at radius 3 is 2.50 bits per heavy atom. The summed E-state index contributed by atoms with van der Waals surface area (Å²) in [7, 11) is 0. The molecule has 0 aliphatic rings. The average molecular weight is 226 g/mol. The lowest BCUT2D eigenvalue weighted by atomic mass is 10.1. The molecule has 90 valence electrons. The molecule has 0 heterocycles. The SMILES string of the molecule is CC#CCCCCCCCC=C(F)C(=O)O. The van der Waals surface area contributed by atoms with Crippen LogP contribution < -0.4 is 0 Å². The second-order valence-electron chi connectivity index (χ2n) is 3.59.